The summed E-state index contributed by atoms with van der Waals surface area (Å²) < 4.78 is 6.34. The minimum atomic E-state index is -0.253. The number of nitrogens with zero attached hydrogens (tertiary/aromatic N) is 1. The molecule has 0 aliphatic carbocycles. The molecular formula is C13H21N3O3. The molecule has 0 aromatic carbocycles. The molecule has 1 rings (SSSR count). The van der Waals surface area contributed by atoms with Crippen LogP contribution in [0.3, 0.4) is 0 Å². The van der Waals surface area contributed by atoms with Gasteiger partial charge in [0.05, 0.1) is 12.6 Å². The molecule has 6 heteroatoms. The van der Waals surface area contributed by atoms with Gasteiger partial charge in [-0.2, -0.15) is 0 Å². The van der Waals surface area contributed by atoms with Crippen LogP contribution in [-0.4, -0.2) is 30.2 Å². The molecule has 19 heavy (non-hydrogen) atoms. The number of pyridine rings is 1. The Morgan fingerprint density at radius 2 is 2.16 bits per heavy atom. The molecule has 3 N–H and O–H groups in total. The number of nitrogen functional groups attached to an aromatic ring is 1. The third-order valence-corrected chi connectivity index (χ3v) is 2.82. The zero-order chi connectivity index (χ0) is 14.4. The van der Waals surface area contributed by atoms with Gasteiger partial charge in [0.2, 0.25) is 5.91 Å². The number of nitrogens with two attached hydrogens (primary N) is 1. The fourth-order valence-electron chi connectivity index (χ4n) is 1.66. The highest BCUT2D eigenvalue weighted by molar-refractivity contribution is 5.76. The highest BCUT2D eigenvalue weighted by Gasteiger charge is 2.16. The minimum absolute atomic E-state index is 0.0448. The van der Waals surface area contributed by atoms with E-state index in [-0.39, 0.29) is 30.0 Å². The third kappa shape index (κ3) is 4.75. The Bertz CT molecular complexity index is 482. The zero-order valence-corrected chi connectivity index (χ0v) is 11.6. The van der Waals surface area contributed by atoms with Crippen molar-refractivity contribution in [3.63, 3.8) is 0 Å². The summed E-state index contributed by atoms with van der Waals surface area (Å²) in [6, 6.07) is 2.78. The first-order valence-electron chi connectivity index (χ1n) is 6.18. The number of nitrogens with one attached hydrogen (secondary N) is 1. The van der Waals surface area contributed by atoms with Crippen LogP contribution in [-0.2, 0) is 16.1 Å². The summed E-state index contributed by atoms with van der Waals surface area (Å²) in [6.07, 6.45) is 1.46. The predicted octanol–water partition coefficient (Wildman–Crippen LogP) is 0.218. The van der Waals surface area contributed by atoms with Crippen LogP contribution < -0.4 is 16.6 Å². The standard InChI is InChI=1S/C13H21N3O3/c1-9(2)11(8-19-3)15-12(17)7-16-6-10(14)4-5-13(16)18/h4-6,9,11H,7-8,14H2,1-3H3,(H,15,17). The van der Waals surface area contributed by atoms with E-state index < -0.39 is 0 Å². The number of hydrogen-bond donors (Lipinski definition) is 2. The molecule has 1 aromatic rings. The first-order valence-corrected chi connectivity index (χ1v) is 6.18. The maximum absolute atomic E-state index is 11.9. The number of hydrogen-bond acceptors (Lipinski definition) is 4. The van der Waals surface area contributed by atoms with E-state index in [2.05, 4.69) is 5.32 Å². The molecule has 0 fully saturated rings. The van der Waals surface area contributed by atoms with E-state index in [0.717, 1.165) is 0 Å². The lowest BCUT2D eigenvalue weighted by atomic mass is 10.1. The number of methoxy groups -OCH3 is 1. The van der Waals surface area contributed by atoms with Gasteiger partial charge in [-0.25, -0.2) is 0 Å². The van der Waals surface area contributed by atoms with E-state index in [1.165, 1.54) is 22.9 Å². The summed E-state index contributed by atoms with van der Waals surface area (Å²) in [4.78, 5) is 23.5. The van der Waals surface area contributed by atoms with Crippen molar-refractivity contribution in [3.8, 4) is 0 Å². The summed E-state index contributed by atoms with van der Waals surface area (Å²) in [7, 11) is 1.59. The summed E-state index contributed by atoms with van der Waals surface area (Å²) >= 11 is 0. The summed E-state index contributed by atoms with van der Waals surface area (Å²) in [5.41, 5.74) is 5.79. The summed E-state index contributed by atoms with van der Waals surface area (Å²) in [6.45, 7) is 4.39. The van der Waals surface area contributed by atoms with E-state index in [1.807, 2.05) is 13.8 Å². The molecule has 0 saturated carbocycles. The van der Waals surface area contributed by atoms with Gasteiger partial charge in [-0.05, 0) is 12.0 Å². The van der Waals surface area contributed by atoms with Gasteiger partial charge >= 0.3 is 0 Å². The second-order valence-corrected chi connectivity index (χ2v) is 4.80. The van der Waals surface area contributed by atoms with Gasteiger partial charge in [-0.3, -0.25) is 9.59 Å². The molecule has 106 valence electrons. The second kappa shape index (κ2) is 6.94. The number of anilines is 1. The van der Waals surface area contributed by atoms with Crippen molar-refractivity contribution in [3.05, 3.63) is 28.7 Å². The monoisotopic (exact) mass is 267 g/mol. The molecule has 0 saturated heterocycles. The van der Waals surface area contributed by atoms with Crippen molar-refractivity contribution in [1.82, 2.24) is 9.88 Å². The average molecular weight is 267 g/mol. The molecule has 0 aliphatic heterocycles. The van der Waals surface area contributed by atoms with E-state index in [4.69, 9.17) is 10.5 Å². The normalized spacial score (nSPS) is 12.4. The van der Waals surface area contributed by atoms with Gasteiger partial charge in [0, 0.05) is 25.1 Å². The van der Waals surface area contributed by atoms with Crippen molar-refractivity contribution >= 4 is 11.6 Å². The maximum Gasteiger partial charge on any atom is 0.251 e. The Hall–Kier alpha value is -1.82. The first kappa shape index (κ1) is 15.2. The number of amides is 1. The van der Waals surface area contributed by atoms with Crippen LogP contribution in [0.15, 0.2) is 23.1 Å². The van der Waals surface area contributed by atoms with Crippen molar-refractivity contribution in [1.29, 1.82) is 0 Å². The lowest BCUT2D eigenvalue weighted by molar-refractivity contribution is -0.123. The molecule has 0 aliphatic rings. The molecule has 1 atom stereocenters. The van der Waals surface area contributed by atoms with Crippen LogP contribution in [0.25, 0.3) is 0 Å². The van der Waals surface area contributed by atoms with Crippen LogP contribution in [0, 0.1) is 5.92 Å². The molecule has 1 aromatic heterocycles. The molecule has 0 radical (unpaired) electrons. The largest absolute Gasteiger partial charge is 0.398 e. The minimum Gasteiger partial charge on any atom is -0.398 e. The lowest BCUT2D eigenvalue weighted by Gasteiger charge is -2.21. The predicted molar refractivity (Wildman–Crippen MR) is 73.8 cm³/mol. The van der Waals surface area contributed by atoms with E-state index in [9.17, 15) is 9.59 Å². The summed E-state index contributed by atoms with van der Waals surface area (Å²) in [5, 5.41) is 2.85. The average Bonchev–Trinajstić information content (AvgIpc) is 2.33. The quantitative estimate of drug-likeness (QED) is 0.772. The van der Waals surface area contributed by atoms with Gasteiger partial charge in [0.1, 0.15) is 6.54 Å². The Balaban J connectivity index is 2.69. The molecule has 1 heterocycles. The second-order valence-electron chi connectivity index (χ2n) is 4.80. The van der Waals surface area contributed by atoms with Crippen LogP contribution in [0.5, 0.6) is 0 Å². The number of aromatic nitrogens is 1. The number of carbonyl (C=O) groups is 1. The summed E-state index contributed by atoms with van der Waals surface area (Å²) in [5.74, 6) is 0.0184. The van der Waals surface area contributed by atoms with Gasteiger partial charge in [-0.15, -0.1) is 0 Å². The van der Waals surface area contributed by atoms with E-state index >= 15 is 0 Å². The lowest BCUT2D eigenvalue weighted by Crippen LogP contribution is -2.44. The van der Waals surface area contributed by atoms with Crippen molar-refractivity contribution in [2.75, 3.05) is 19.5 Å². The molecule has 6 nitrogen and oxygen atoms in total. The van der Waals surface area contributed by atoms with Gasteiger partial charge < -0.3 is 20.4 Å². The molecule has 0 bridgehead atoms. The van der Waals surface area contributed by atoms with Crippen molar-refractivity contribution < 1.29 is 9.53 Å². The zero-order valence-electron chi connectivity index (χ0n) is 11.6. The third-order valence-electron chi connectivity index (χ3n) is 2.82. The van der Waals surface area contributed by atoms with Gasteiger partial charge in [0.25, 0.3) is 5.56 Å². The molecule has 1 amide bonds. The molecular weight excluding hydrogens is 246 g/mol. The smallest absolute Gasteiger partial charge is 0.251 e. The first-order chi connectivity index (χ1) is 8.93. The molecule has 1 unspecified atom stereocenters. The Kier molecular flexibility index (Phi) is 5.57. The Labute approximate surface area is 112 Å². The van der Waals surface area contributed by atoms with Gasteiger partial charge in [0.15, 0.2) is 0 Å². The highest BCUT2D eigenvalue weighted by atomic mass is 16.5. The van der Waals surface area contributed by atoms with Crippen LogP contribution in [0.4, 0.5) is 5.69 Å². The number of ether oxygens (including phenoxy) is 1. The fraction of sp³-hybridized carbons (Fsp3) is 0.538. The molecule has 0 spiro atoms. The van der Waals surface area contributed by atoms with Crippen LogP contribution >= 0.6 is 0 Å². The van der Waals surface area contributed by atoms with Crippen LogP contribution in [0.2, 0.25) is 0 Å². The van der Waals surface area contributed by atoms with Crippen molar-refractivity contribution in [2.45, 2.75) is 26.4 Å². The maximum atomic E-state index is 11.9. The fourth-order valence-corrected chi connectivity index (χ4v) is 1.66. The van der Waals surface area contributed by atoms with E-state index in [0.29, 0.717) is 12.3 Å². The number of rotatable bonds is 6. The van der Waals surface area contributed by atoms with Crippen molar-refractivity contribution in [2.24, 2.45) is 5.92 Å². The highest BCUT2D eigenvalue weighted by Crippen LogP contribution is 2.02. The Morgan fingerprint density at radius 1 is 1.47 bits per heavy atom. The van der Waals surface area contributed by atoms with E-state index in [1.54, 1.807) is 7.11 Å². The van der Waals surface area contributed by atoms with Gasteiger partial charge in [-0.1, -0.05) is 13.8 Å². The topological polar surface area (TPSA) is 86.3 Å². The van der Waals surface area contributed by atoms with Crippen LogP contribution in [0.1, 0.15) is 13.8 Å². The SMILES string of the molecule is COCC(NC(=O)Cn1cc(N)ccc1=O)C(C)C. The Morgan fingerprint density at radius 3 is 2.74 bits per heavy atom. The number of carbonyl (C=O) groups excluding carboxylic acids is 1.